The molecule has 0 unspecified atom stereocenters. The molecule has 2 rings (SSSR count). The number of methoxy groups -OCH3 is 1. The van der Waals surface area contributed by atoms with Crippen molar-refractivity contribution in [3.8, 4) is 5.75 Å². The van der Waals surface area contributed by atoms with E-state index >= 15 is 0 Å². The largest absolute Gasteiger partial charge is 0.481 e. The molecule has 0 spiro atoms. The van der Waals surface area contributed by atoms with Gasteiger partial charge in [0.05, 0.1) is 6.61 Å². The molecule has 0 aliphatic heterocycles. The molecule has 0 aliphatic carbocycles. The Kier molecular flexibility index (Phi) is 7.37. The predicted octanol–water partition coefficient (Wildman–Crippen LogP) is 3.06. The fraction of sp³-hybridized carbons (Fsp3) is 0.333. The second-order valence-electron chi connectivity index (χ2n) is 6.33. The van der Waals surface area contributed by atoms with Gasteiger partial charge in [0, 0.05) is 25.8 Å². The number of carbonyl (C=O) groups is 2. The minimum Gasteiger partial charge on any atom is -0.481 e. The topological polar surface area (TPSA) is 76.1 Å². The molecule has 144 valence electrons. The van der Waals surface area contributed by atoms with Gasteiger partial charge in [-0.05, 0) is 42.7 Å². The first-order valence-corrected chi connectivity index (χ1v) is 8.70. The van der Waals surface area contributed by atoms with Crippen molar-refractivity contribution in [2.75, 3.05) is 26.9 Å². The van der Waals surface area contributed by atoms with E-state index in [1.807, 2.05) is 30.3 Å². The molecule has 0 atom stereocenters. The molecule has 0 radical (unpaired) electrons. The molecule has 0 aromatic heterocycles. The van der Waals surface area contributed by atoms with Crippen LogP contribution in [0.3, 0.4) is 0 Å². The molecule has 0 saturated heterocycles. The van der Waals surface area contributed by atoms with Crippen molar-refractivity contribution in [2.24, 2.45) is 0 Å². The summed E-state index contributed by atoms with van der Waals surface area (Å²) >= 11 is 0. The van der Waals surface area contributed by atoms with E-state index in [2.05, 4.69) is 0 Å². The number of benzene rings is 2. The fourth-order valence-corrected chi connectivity index (χ4v) is 2.88. The van der Waals surface area contributed by atoms with Crippen molar-refractivity contribution in [1.82, 2.24) is 4.90 Å². The van der Waals surface area contributed by atoms with Gasteiger partial charge in [-0.25, -0.2) is 4.79 Å². The van der Waals surface area contributed by atoms with Crippen LogP contribution in [0.5, 0.6) is 5.75 Å². The summed E-state index contributed by atoms with van der Waals surface area (Å²) in [4.78, 5) is 25.5. The third-order valence-corrected chi connectivity index (χ3v) is 4.12. The Morgan fingerprint density at radius 3 is 2.26 bits per heavy atom. The molecule has 0 aliphatic rings. The van der Waals surface area contributed by atoms with Crippen LogP contribution in [0.15, 0.2) is 42.5 Å². The first-order chi connectivity index (χ1) is 12.9. The third-order valence-electron chi connectivity index (χ3n) is 4.12. The molecule has 2 aromatic carbocycles. The summed E-state index contributed by atoms with van der Waals surface area (Å²) in [7, 11) is 1.61. The first kappa shape index (κ1) is 20.5. The quantitative estimate of drug-likeness (QED) is 0.733. The average Bonchev–Trinajstić information content (AvgIpc) is 2.64. The second-order valence-corrected chi connectivity index (χ2v) is 6.33. The van der Waals surface area contributed by atoms with E-state index in [9.17, 15) is 9.59 Å². The minimum atomic E-state index is -1.04. The van der Waals surface area contributed by atoms with Crippen molar-refractivity contribution < 1.29 is 24.2 Å². The number of aliphatic carboxylic acids is 1. The lowest BCUT2D eigenvalue weighted by Gasteiger charge is -2.23. The molecular formula is C21H25NO5. The van der Waals surface area contributed by atoms with Crippen molar-refractivity contribution in [2.45, 2.75) is 20.4 Å². The van der Waals surface area contributed by atoms with Crippen LogP contribution in [0.1, 0.15) is 27.0 Å². The zero-order chi connectivity index (χ0) is 19.8. The molecule has 0 heterocycles. The lowest BCUT2D eigenvalue weighted by Crippen LogP contribution is -2.33. The number of rotatable bonds is 9. The van der Waals surface area contributed by atoms with Crippen LogP contribution in [-0.2, 0) is 16.1 Å². The molecule has 27 heavy (non-hydrogen) atoms. The Hall–Kier alpha value is -2.86. The number of amides is 1. The molecule has 1 N–H and O–H groups in total. The molecule has 0 saturated carbocycles. The smallest absolute Gasteiger partial charge is 0.341 e. The lowest BCUT2D eigenvalue weighted by molar-refractivity contribution is -0.139. The summed E-state index contributed by atoms with van der Waals surface area (Å²) in [6.07, 6.45) is 0. The number of carboxylic acid groups (broad SMARTS) is 1. The minimum absolute atomic E-state index is 0.105. The average molecular weight is 371 g/mol. The van der Waals surface area contributed by atoms with Crippen LogP contribution in [0.4, 0.5) is 0 Å². The van der Waals surface area contributed by atoms with E-state index in [1.54, 1.807) is 38.0 Å². The second kappa shape index (κ2) is 9.73. The van der Waals surface area contributed by atoms with Gasteiger partial charge in [0.15, 0.2) is 6.61 Å². The van der Waals surface area contributed by atoms with Crippen molar-refractivity contribution in [3.05, 3.63) is 64.7 Å². The van der Waals surface area contributed by atoms with E-state index < -0.39 is 12.6 Å². The summed E-state index contributed by atoms with van der Waals surface area (Å²) in [5.41, 5.74) is 3.04. The molecule has 2 aromatic rings. The summed E-state index contributed by atoms with van der Waals surface area (Å²) in [6.45, 7) is 4.59. The Bertz CT molecular complexity index is 765. The van der Waals surface area contributed by atoms with Crippen molar-refractivity contribution >= 4 is 11.9 Å². The van der Waals surface area contributed by atoms with E-state index in [1.165, 1.54) is 0 Å². The Morgan fingerprint density at radius 2 is 1.70 bits per heavy atom. The molecule has 6 heteroatoms. The SMILES string of the molecule is COCCN(Cc1ccccc1)C(=O)c1cc(C)c(OCC(=O)O)c(C)c1. The summed E-state index contributed by atoms with van der Waals surface area (Å²) < 4.78 is 10.5. The lowest BCUT2D eigenvalue weighted by atomic mass is 10.0. The van der Waals surface area contributed by atoms with Gasteiger partial charge in [-0.2, -0.15) is 0 Å². The summed E-state index contributed by atoms with van der Waals surface area (Å²) in [5.74, 6) is -0.644. The number of carboxylic acids is 1. The number of nitrogens with zero attached hydrogens (tertiary/aromatic N) is 1. The zero-order valence-corrected chi connectivity index (χ0v) is 15.9. The highest BCUT2D eigenvalue weighted by atomic mass is 16.5. The first-order valence-electron chi connectivity index (χ1n) is 8.70. The van der Waals surface area contributed by atoms with Crippen LogP contribution in [0, 0.1) is 13.8 Å². The number of carbonyl (C=O) groups excluding carboxylic acids is 1. The van der Waals surface area contributed by atoms with Crippen LogP contribution < -0.4 is 4.74 Å². The van der Waals surface area contributed by atoms with E-state index in [-0.39, 0.29) is 5.91 Å². The Balaban J connectivity index is 2.24. The number of aryl methyl sites for hydroxylation is 2. The Labute approximate surface area is 159 Å². The van der Waals surface area contributed by atoms with Crippen LogP contribution in [-0.4, -0.2) is 48.8 Å². The number of ether oxygens (including phenoxy) is 2. The number of hydrogen-bond donors (Lipinski definition) is 1. The van der Waals surface area contributed by atoms with Gasteiger partial charge < -0.3 is 19.5 Å². The molecule has 0 bridgehead atoms. The third kappa shape index (κ3) is 5.82. The maximum Gasteiger partial charge on any atom is 0.341 e. The van der Waals surface area contributed by atoms with Crippen LogP contribution >= 0.6 is 0 Å². The zero-order valence-electron chi connectivity index (χ0n) is 15.9. The fourth-order valence-electron chi connectivity index (χ4n) is 2.88. The van der Waals surface area contributed by atoms with E-state index in [4.69, 9.17) is 14.6 Å². The Morgan fingerprint density at radius 1 is 1.07 bits per heavy atom. The normalized spacial score (nSPS) is 10.5. The summed E-state index contributed by atoms with van der Waals surface area (Å²) in [6, 6.07) is 13.2. The molecule has 0 fully saturated rings. The van der Waals surface area contributed by atoms with Gasteiger partial charge in [0.25, 0.3) is 5.91 Å². The van der Waals surface area contributed by atoms with E-state index in [0.29, 0.717) is 31.0 Å². The van der Waals surface area contributed by atoms with Gasteiger partial charge in [0.2, 0.25) is 0 Å². The van der Waals surface area contributed by atoms with Crippen molar-refractivity contribution in [3.63, 3.8) is 0 Å². The van der Waals surface area contributed by atoms with Gasteiger partial charge in [-0.1, -0.05) is 30.3 Å². The highest BCUT2D eigenvalue weighted by Crippen LogP contribution is 2.26. The standard InChI is InChI=1S/C21H25NO5/c1-15-11-18(12-16(2)20(15)27-14-19(23)24)21(25)22(9-10-26-3)13-17-7-5-4-6-8-17/h4-8,11-12H,9-10,13-14H2,1-3H3,(H,23,24). The summed E-state index contributed by atoms with van der Waals surface area (Å²) in [5, 5.41) is 8.80. The highest BCUT2D eigenvalue weighted by molar-refractivity contribution is 5.95. The van der Waals surface area contributed by atoms with Gasteiger partial charge in [-0.15, -0.1) is 0 Å². The van der Waals surface area contributed by atoms with Crippen molar-refractivity contribution in [1.29, 1.82) is 0 Å². The van der Waals surface area contributed by atoms with Crippen LogP contribution in [0.2, 0.25) is 0 Å². The van der Waals surface area contributed by atoms with E-state index in [0.717, 1.165) is 16.7 Å². The highest BCUT2D eigenvalue weighted by Gasteiger charge is 2.19. The molecule has 6 nitrogen and oxygen atoms in total. The van der Waals surface area contributed by atoms with Gasteiger partial charge in [0.1, 0.15) is 5.75 Å². The van der Waals surface area contributed by atoms with Gasteiger partial charge in [-0.3, -0.25) is 4.79 Å². The van der Waals surface area contributed by atoms with Crippen LogP contribution in [0.25, 0.3) is 0 Å². The molecule has 1 amide bonds. The maximum atomic E-state index is 13.1. The number of hydrogen-bond acceptors (Lipinski definition) is 4. The maximum absolute atomic E-state index is 13.1. The van der Waals surface area contributed by atoms with Gasteiger partial charge >= 0.3 is 5.97 Å². The molecular weight excluding hydrogens is 346 g/mol. The monoisotopic (exact) mass is 371 g/mol. The predicted molar refractivity (Wildman–Crippen MR) is 102 cm³/mol.